The average Bonchev–Trinajstić information content (AvgIpc) is 2.61. The van der Waals surface area contributed by atoms with Crippen molar-refractivity contribution < 1.29 is 29.4 Å². The largest absolute Gasteiger partial charge is 0.480 e. The zero-order chi connectivity index (χ0) is 22.0. The van der Waals surface area contributed by atoms with E-state index < -0.39 is 60.4 Å². The molecule has 0 saturated heterocycles. The first kappa shape index (κ1) is 26.1. The Labute approximate surface area is 170 Å². The molecule has 162 valence electrons. The predicted octanol–water partition coefficient (Wildman–Crippen LogP) is -1.52. The van der Waals surface area contributed by atoms with Crippen molar-refractivity contribution in [2.75, 3.05) is 12.4 Å². The molecule has 0 saturated carbocycles. The Morgan fingerprint density at radius 3 is 1.82 bits per heavy atom. The lowest BCUT2D eigenvalue weighted by atomic mass is 10.0. The number of nitrogens with one attached hydrogen (secondary N) is 3. The van der Waals surface area contributed by atoms with Gasteiger partial charge in [0.05, 0.1) is 12.6 Å². The van der Waals surface area contributed by atoms with E-state index in [0.717, 1.165) is 0 Å². The van der Waals surface area contributed by atoms with Crippen molar-refractivity contribution in [2.45, 2.75) is 58.3 Å². The molecule has 3 amide bonds. The SMILES string of the molecule is CC(C)CC(NC(=O)C(N)CS)C(=O)NC(CO)C(=O)NC(C(=O)O)C(C)C. The molecule has 7 N–H and O–H groups in total. The molecule has 0 aromatic heterocycles. The van der Waals surface area contributed by atoms with E-state index in [0.29, 0.717) is 0 Å². The van der Waals surface area contributed by atoms with Gasteiger partial charge in [-0.1, -0.05) is 27.7 Å². The average molecular weight is 421 g/mol. The molecule has 0 bridgehead atoms. The van der Waals surface area contributed by atoms with Crippen LogP contribution in [0.25, 0.3) is 0 Å². The second-order valence-corrected chi connectivity index (χ2v) is 7.66. The van der Waals surface area contributed by atoms with Crippen molar-refractivity contribution >= 4 is 36.3 Å². The molecule has 0 heterocycles. The van der Waals surface area contributed by atoms with E-state index in [1.807, 2.05) is 13.8 Å². The van der Waals surface area contributed by atoms with Crippen molar-refractivity contribution in [1.29, 1.82) is 0 Å². The molecule has 10 nitrogen and oxygen atoms in total. The Morgan fingerprint density at radius 1 is 0.929 bits per heavy atom. The minimum atomic E-state index is -1.36. The van der Waals surface area contributed by atoms with Crippen LogP contribution in [0.1, 0.15) is 34.1 Å². The Morgan fingerprint density at radius 2 is 1.43 bits per heavy atom. The van der Waals surface area contributed by atoms with E-state index in [-0.39, 0.29) is 18.1 Å². The number of carboxylic acids is 1. The number of nitrogens with two attached hydrogens (primary N) is 1. The summed E-state index contributed by atoms with van der Waals surface area (Å²) in [6.45, 7) is 6.19. The molecular formula is C17H32N4O6S. The second kappa shape index (κ2) is 12.6. The first-order valence-electron chi connectivity index (χ1n) is 9.05. The highest BCUT2D eigenvalue weighted by Gasteiger charge is 2.31. The molecule has 0 aliphatic carbocycles. The van der Waals surface area contributed by atoms with Crippen LogP contribution in [0.2, 0.25) is 0 Å². The first-order valence-corrected chi connectivity index (χ1v) is 9.68. The summed E-state index contributed by atoms with van der Waals surface area (Å²) in [6.07, 6.45) is 0.278. The fraction of sp³-hybridized carbons (Fsp3) is 0.765. The van der Waals surface area contributed by atoms with E-state index in [1.54, 1.807) is 13.8 Å². The van der Waals surface area contributed by atoms with Gasteiger partial charge in [0.1, 0.15) is 18.1 Å². The van der Waals surface area contributed by atoms with Crippen molar-refractivity contribution in [3.05, 3.63) is 0 Å². The topological polar surface area (TPSA) is 171 Å². The summed E-state index contributed by atoms with van der Waals surface area (Å²) in [5, 5.41) is 25.8. The van der Waals surface area contributed by atoms with Crippen LogP contribution in [0.15, 0.2) is 0 Å². The summed E-state index contributed by atoms with van der Waals surface area (Å²) >= 11 is 3.94. The number of hydrogen-bond donors (Lipinski definition) is 7. The Balaban J connectivity index is 5.19. The van der Waals surface area contributed by atoms with Gasteiger partial charge in [0.15, 0.2) is 0 Å². The van der Waals surface area contributed by atoms with Crippen LogP contribution >= 0.6 is 12.6 Å². The number of carbonyl (C=O) groups excluding carboxylic acids is 3. The molecule has 0 aliphatic heterocycles. The maximum Gasteiger partial charge on any atom is 0.326 e. The minimum absolute atomic E-state index is 0.0435. The van der Waals surface area contributed by atoms with E-state index in [9.17, 15) is 24.3 Å². The van der Waals surface area contributed by atoms with Crippen molar-refractivity contribution in [2.24, 2.45) is 17.6 Å². The van der Waals surface area contributed by atoms with Gasteiger partial charge in [-0.15, -0.1) is 0 Å². The van der Waals surface area contributed by atoms with Gasteiger partial charge in [-0.3, -0.25) is 14.4 Å². The molecule has 0 spiro atoms. The van der Waals surface area contributed by atoms with Gasteiger partial charge in [-0.2, -0.15) is 12.6 Å². The Kier molecular flexibility index (Phi) is 11.7. The fourth-order valence-electron chi connectivity index (χ4n) is 2.30. The number of hydrogen-bond acceptors (Lipinski definition) is 7. The summed E-state index contributed by atoms with van der Waals surface area (Å²) in [7, 11) is 0. The van der Waals surface area contributed by atoms with Gasteiger partial charge in [-0.25, -0.2) is 4.79 Å². The number of carbonyl (C=O) groups is 4. The standard InChI is InChI=1S/C17H32N4O6S/c1-8(2)5-11(19-14(23)10(18)7-28)15(24)20-12(6-22)16(25)21-13(9(3)4)17(26)27/h8-13,22,28H,5-7,18H2,1-4H3,(H,19,23)(H,20,24)(H,21,25)(H,26,27). The van der Waals surface area contributed by atoms with Gasteiger partial charge < -0.3 is 31.9 Å². The molecule has 0 aliphatic rings. The molecule has 0 aromatic carbocycles. The van der Waals surface area contributed by atoms with E-state index in [1.165, 1.54) is 0 Å². The zero-order valence-corrected chi connectivity index (χ0v) is 17.5. The van der Waals surface area contributed by atoms with Crippen LogP contribution in [-0.4, -0.2) is 70.4 Å². The van der Waals surface area contributed by atoms with E-state index >= 15 is 0 Å². The maximum absolute atomic E-state index is 12.6. The van der Waals surface area contributed by atoms with Crippen molar-refractivity contribution in [3.63, 3.8) is 0 Å². The first-order chi connectivity index (χ1) is 12.9. The number of amides is 3. The van der Waals surface area contributed by atoms with Crippen molar-refractivity contribution in [1.82, 2.24) is 16.0 Å². The summed E-state index contributed by atoms with van der Waals surface area (Å²) in [6, 6.07) is -4.40. The lowest BCUT2D eigenvalue weighted by Gasteiger charge is -2.25. The summed E-state index contributed by atoms with van der Waals surface area (Å²) in [4.78, 5) is 48.1. The molecule has 0 aromatic rings. The van der Waals surface area contributed by atoms with Crippen LogP contribution in [0.3, 0.4) is 0 Å². The Hall–Kier alpha value is -1.85. The molecule has 4 unspecified atom stereocenters. The molecule has 0 fully saturated rings. The van der Waals surface area contributed by atoms with Gasteiger partial charge in [0.2, 0.25) is 17.7 Å². The number of aliphatic hydroxyl groups is 1. The number of aliphatic hydroxyl groups excluding tert-OH is 1. The third kappa shape index (κ3) is 8.89. The van der Waals surface area contributed by atoms with Gasteiger partial charge in [0.25, 0.3) is 0 Å². The molecule has 0 rings (SSSR count). The summed E-state index contributed by atoms with van der Waals surface area (Å²) in [5.41, 5.74) is 5.60. The molecule has 4 atom stereocenters. The number of thiol groups is 1. The quantitative estimate of drug-likeness (QED) is 0.188. The normalized spacial score (nSPS) is 15.5. The lowest BCUT2D eigenvalue weighted by Crippen LogP contribution is -2.58. The van der Waals surface area contributed by atoms with Crippen LogP contribution < -0.4 is 21.7 Å². The molecule has 0 radical (unpaired) electrons. The fourth-order valence-corrected chi connectivity index (χ4v) is 2.46. The van der Waals surface area contributed by atoms with E-state index in [4.69, 9.17) is 10.8 Å². The van der Waals surface area contributed by atoms with Gasteiger partial charge >= 0.3 is 5.97 Å². The molecular weight excluding hydrogens is 388 g/mol. The van der Waals surface area contributed by atoms with Crippen LogP contribution in [0.5, 0.6) is 0 Å². The smallest absolute Gasteiger partial charge is 0.326 e. The third-order valence-electron chi connectivity index (χ3n) is 3.92. The monoisotopic (exact) mass is 420 g/mol. The van der Waals surface area contributed by atoms with Gasteiger partial charge in [-0.05, 0) is 18.3 Å². The zero-order valence-electron chi connectivity index (χ0n) is 16.6. The number of aliphatic carboxylic acids is 1. The summed E-state index contributed by atoms with van der Waals surface area (Å²) in [5.74, 6) is -3.56. The molecule has 11 heteroatoms. The summed E-state index contributed by atoms with van der Waals surface area (Å²) < 4.78 is 0. The van der Waals surface area contributed by atoms with Crippen molar-refractivity contribution in [3.8, 4) is 0 Å². The van der Waals surface area contributed by atoms with Crippen LogP contribution in [-0.2, 0) is 19.2 Å². The predicted molar refractivity (Wildman–Crippen MR) is 107 cm³/mol. The van der Waals surface area contributed by atoms with E-state index in [2.05, 4.69) is 28.6 Å². The van der Waals surface area contributed by atoms with Gasteiger partial charge in [0, 0.05) is 5.75 Å². The number of rotatable bonds is 12. The number of carboxylic acid groups (broad SMARTS) is 1. The third-order valence-corrected chi connectivity index (χ3v) is 4.31. The van der Waals surface area contributed by atoms with Crippen LogP contribution in [0.4, 0.5) is 0 Å². The maximum atomic E-state index is 12.6. The lowest BCUT2D eigenvalue weighted by molar-refractivity contribution is -0.143. The highest BCUT2D eigenvalue weighted by molar-refractivity contribution is 7.80. The highest BCUT2D eigenvalue weighted by atomic mass is 32.1. The second-order valence-electron chi connectivity index (χ2n) is 7.29. The molecule has 28 heavy (non-hydrogen) atoms. The highest BCUT2D eigenvalue weighted by Crippen LogP contribution is 2.07. The van der Waals surface area contributed by atoms with Crippen LogP contribution in [0, 0.1) is 11.8 Å². The Bertz CT molecular complexity index is 558. The minimum Gasteiger partial charge on any atom is -0.480 e.